The maximum atomic E-state index is 14.5. The van der Waals surface area contributed by atoms with Gasteiger partial charge in [0.15, 0.2) is 11.6 Å². The Bertz CT molecular complexity index is 838. The topological polar surface area (TPSA) is 106 Å². The number of aryl methyl sites for hydroxylation is 1. The molecule has 2 atom stereocenters. The van der Waals surface area contributed by atoms with E-state index in [-0.39, 0.29) is 29.3 Å². The third-order valence-corrected chi connectivity index (χ3v) is 4.69. The van der Waals surface area contributed by atoms with Gasteiger partial charge in [-0.2, -0.15) is 0 Å². The molecular formula is C19H23F2N5O. The summed E-state index contributed by atoms with van der Waals surface area (Å²) in [5.74, 6) is -1.92. The van der Waals surface area contributed by atoms with Crippen LogP contribution in [-0.4, -0.2) is 23.0 Å². The average Bonchev–Trinajstić information content (AvgIpc) is 2.58. The number of carbonyl (C=O) groups is 1. The van der Waals surface area contributed by atoms with Gasteiger partial charge in [-0.25, -0.2) is 13.8 Å². The fourth-order valence-electron chi connectivity index (χ4n) is 3.33. The number of halogens is 2. The zero-order chi connectivity index (χ0) is 19.6. The van der Waals surface area contributed by atoms with Gasteiger partial charge in [-0.1, -0.05) is 12.8 Å². The molecule has 27 heavy (non-hydrogen) atoms. The lowest BCUT2D eigenvalue weighted by molar-refractivity contribution is 0.100. The highest BCUT2D eigenvalue weighted by Crippen LogP contribution is 2.27. The molecule has 0 radical (unpaired) electrons. The van der Waals surface area contributed by atoms with Crippen molar-refractivity contribution in [3.63, 3.8) is 0 Å². The Morgan fingerprint density at radius 1 is 1.15 bits per heavy atom. The van der Waals surface area contributed by atoms with Gasteiger partial charge in [-0.05, 0) is 49.6 Å². The lowest BCUT2D eigenvalue weighted by atomic mass is 9.91. The van der Waals surface area contributed by atoms with Crippen molar-refractivity contribution in [2.75, 3.05) is 10.6 Å². The van der Waals surface area contributed by atoms with Gasteiger partial charge in [0.1, 0.15) is 11.6 Å². The summed E-state index contributed by atoms with van der Waals surface area (Å²) >= 11 is 0. The summed E-state index contributed by atoms with van der Waals surface area (Å²) in [6, 6.07) is 5.13. The van der Waals surface area contributed by atoms with Crippen LogP contribution in [0.2, 0.25) is 0 Å². The molecule has 3 rings (SSSR count). The van der Waals surface area contributed by atoms with Crippen LogP contribution >= 0.6 is 0 Å². The number of pyridine rings is 1. The third-order valence-electron chi connectivity index (χ3n) is 4.69. The number of anilines is 3. The highest BCUT2D eigenvalue weighted by atomic mass is 19.1. The number of amides is 1. The first kappa shape index (κ1) is 19.0. The number of rotatable bonds is 5. The number of aromatic nitrogens is 1. The number of carbonyl (C=O) groups excluding carboxylic acids is 1. The molecule has 1 amide bonds. The van der Waals surface area contributed by atoms with E-state index in [0.717, 1.165) is 31.7 Å². The molecule has 2 aromatic rings. The monoisotopic (exact) mass is 375 g/mol. The second kappa shape index (κ2) is 7.87. The van der Waals surface area contributed by atoms with E-state index >= 15 is 0 Å². The summed E-state index contributed by atoms with van der Waals surface area (Å²) in [7, 11) is 0. The standard InChI is InChI=1S/C19H23F2N5O/c1-10-6-11(20)8-12(7-10)24-18-13(17(23)27)9-14(21)19(26-18)25-16-5-3-2-4-15(16)22/h6-9,15-16H,2-5,22H2,1H3,(H2,23,27)(H2,24,25,26)/t15-,16+/m0/s1. The van der Waals surface area contributed by atoms with Crippen molar-refractivity contribution >= 4 is 23.2 Å². The van der Waals surface area contributed by atoms with Crippen molar-refractivity contribution in [1.82, 2.24) is 4.98 Å². The highest BCUT2D eigenvalue weighted by Gasteiger charge is 2.24. The number of hydrogen-bond donors (Lipinski definition) is 4. The molecule has 6 N–H and O–H groups in total. The van der Waals surface area contributed by atoms with Crippen LogP contribution in [0.25, 0.3) is 0 Å². The van der Waals surface area contributed by atoms with Gasteiger partial charge in [-0.15, -0.1) is 0 Å². The summed E-state index contributed by atoms with van der Waals surface area (Å²) in [4.78, 5) is 15.9. The van der Waals surface area contributed by atoms with Crippen LogP contribution in [0.1, 0.15) is 41.6 Å². The average molecular weight is 375 g/mol. The molecule has 6 nitrogen and oxygen atoms in total. The van der Waals surface area contributed by atoms with Crippen LogP contribution in [0.15, 0.2) is 24.3 Å². The van der Waals surface area contributed by atoms with E-state index < -0.39 is 17.5 Å². The first-order valence-electron chi connectivity index (χ1n) is 8.90. The summed E-state index contributed by atoms with van der Waals surface area (Å²) in [6.07, 6.45) is 3.71. The van der Waals surface area contributed by atoms with E-state index in [9.17, 15) is 13.6 Å². The van der Waals surface area contributed by atoms with Crippen LogP contribution in [0, 0.1) is 18.6 Å². The Balaban J connectivity index is 1.94. The second-order valence-corrected chi connectivity index (χ2v) is 6.92. The van der Waals surface area contributed by atoms with Gasteiger partial charge in [0.05, 0.1) is 5.56 Å². The molecule has 1 aliphatic rings. The van der Waals surface area contributed by atoms with Crippen molar-refractivity contribution in [2.45, 2.75) is 44.7 Å². The van der Waals surface area contributed by atoms with Crippen molar-refractivity contribution in [2.24, 2.45) is 11.5 Å². The minimum absolute atomic E-state index is 0.0158. The maximum absolute atomic E-state index is 14.5. The summed E-state index contributed by atoms with van der Waals surface area (Å²) < 4.78 is 28.1. The zero-order valence-corrected chi connectivity index (χ0v) is 15.1. The number of primary amides is 1. The number of benzene rings is 1. The van der Waals surface area contributed by atoms with E-state index in [0.29, 0.717) is 11.3 Å². The Kier molecular flexibility index (Phi) is 5.55. The van der Waals surface area contributed by atoms with Gasteiger partial charge < -0.3 is 22.1 Å². The molecular weight excluding hydrogens is 352 g/mol. The first-order valence-corrected chi connectivity index (χ1v) is 8.90. The summed E-state index contributed by atoms with van der Waals surface area (Å²) in [6.45, 7) is 1.73. The molecule has 0 bridgehead atoms. The van der Waals surface area contributed by atoms with E-state index in [1.54, 1.807) is 13.0 Å². The van der Waals surface area contributed by atoms with Gasteiger partial charge in [-0.3, -0.25) is 4.79 Å². The number of nitrogens with one attached hydrogen (secondary N) is 2. The molecule has 0 aliphatic heterocycles. The first-order chi connectivity index (χ1) is 12.8. The smallest absolute Gasteiger partial charge is 0.252 e. The summed E-state index contributed by atoms with van der Waals surface area (Å²) in [5, 5.41) is 5.90. The molecule has 1 fully saturated rings. The molecule has 0 saturated heterocycles. The fraction of sp³-hybridized carbons (Fsp3) is 0.368. The van der Waals surface area contributed by atoms with Crippen molar-refractivity contribution < 1.29 is 13.6 Å². The van der Waals surface area contributed by atoms with Crippen LogP contribution in [0.4, 0.5) is 26.1 Å². The molecule has 1 heterocycles. The molecule has 0 spiro atoms. The number of nitrogens with two attached hydrogens (primary N) is 2. The van der Waals surface area contributed by atoms with Crippen LogP contribution in [0.3, 0.4) is 0 Å². The molecule has 8 heteroatoms. The Morgan fingerprint density at radius 3 is 2.56 bits per heavy atom. The van der Waals surface area contributed by atoms with Gasteiger partial charge in [0, 0.05) is 17.8 Å². The largest absolute Gasteiger partial charge is 0.365 e. The highest BCUT2D eigenvalue weighted by molar-refractivity contribution is 5.98. The molecule has 1 aliphatic carbocycles. The van der Waals surface area contributed by atoms with Crippen molar-refractivity contribution in [1.29, 1.82) is 0 Å². The molecule has 1 aromatic heterocycles. The number of nitrogens with zero attached hydrogens (tertiary/aromatic N) is 1. The van der Waals surface area contributed by atoms with Crippen LogP contribution in [-0.2, 0) is 0 Å². The molecule has 144 valence electrons. The zero-order valence-electron chi connectivity index (χ0n) is 15.1. The lowest BCUT2D eigenvalue weighted by Gasteiger charge is -2.30. The Hall–Kier alpha value is -2.74. The van der Waals surface area contributed by atoms with Gasteiger partial charge in [0.2, 0.25) is 0 Å². The minimum atomic E-state index is -0.835. The van der Waals surface area contributed by atoms with E-state index in [1.807, 2.05) is 0 Å². The van der Waals surface area contributed by atoms with Crippen LogP contribution in [0.5, 0.6) is 0 Å². The molecule has 1 saturated carbocycles. The predicted octanol–water partition coefficient (Wildman–Crippen LogP) is 3.19. The van der Waals surface area contributed by atoms with Gasteiger partial charge in [0.25, 0.3) is 5.91 Å². The van der Waals surface area contributed by atoms with Crippen LogP contribution < -0.4 is 22.1 Å². The second-order valence-electron chi connectivity index (χ2n) is 6.92. The predicted molar refractivity (Wildman–Crippen MR) is 101 cm³/mol. The minimum Gasteiger partial charge on any atom is -0.365 e. The van der Waals surface area contributed by atoms with Gasteiger partial charge >= 0.3 is 0 Å². The van der Waals surface area contributed by atoms with E-state index in [1.165, 1.54) is 12.1 Å². The summed E-state index contributed by atoms with van der Waals surface area (Å²) in [5.41, 5.74) is 12.4. The normalized spacial score (nSPS) is 19.6. The number of hydrogen-bond acceptors (Lipinski definition) is 5. The van der Waals surface area contributed by atoms with Crippen molar-refractivity contribution in [3.8, 4) is 0 Å². The molecule has 1 aromatic carbocycles. The van der Waals surface area contributed by atoms with Crippen molar-refractivity contribution in [3.05, 3.63) is 47.0 Å². The Morgan fingerprint density at radius 2 is 1.89 bits per heavy atom. The Labute approximate surface area is 156 Å². The fourth-order valence-corrected chi connectivity index (χ4v) is 3.33. The maximum Gasteiger partial charge on any atom is 0.252 e. The SMILES string of the molecule is Cc1cc(F)cc(Nc2nc(N[C@@H]3CCCC[C@@H]3N)c(F)cc2C(N)=O)c1. The van der Waals surface area contributed by atoms with E-state index in [4.69, 9.17) is 11.5 Å². The third kappa shape index (κ3) is 4.51. The quantitative estimate of drug-likeness (QED) is 0.642. The van der Waals surface area contributed by atoms with E-state index in [2.05, 4.69) is 15.6 Å². The molecule has 0 unspecified atom stereocenters. The lowest BCUT2D eigenvalue weighted by Crippen LogP contribution is -2.43.